The molecular weight excluding hydrogens is 258 g/mol. The lowest BCUT2D eigenvalue weighted by Gasteiger charge is -2.39. The van der Waals surface area contributed by atoms with Crippen LogP contribution in [0.4, 0.5) is 17.3 Å². The molecule has 2 rings (SSSR count). The van der Waals surface area contributed by atoms with Crippen LogP contribution in [-0.2, 0) is 0 Å². The average molecular weight is 279 g/mol. The van der Waals surface area contributed by atoms with Gasteiger partial charge in [0.15, 0.2) is 0 Å². The Bertz CT molecular complexity index is 498. The number of nitrogens with one attached hydrogen (secondary N) is 1. The van der Waals surface area contributed by atoms with Crippen LogP contribution in [0, 0.1) is 15.5 Å². The number of pyridine rings is 1. The molecule has 7 heteroatoms. The minimum atomic E-state index is -0.393. The van der Waals surface area contributed by atoms with E-state index in [1.54, 1.807) is 0 Å². The molecule has 7 nitrogen and oxygen atoms in total. The molecule has 110 valence electrons. The van der Waals surface area contributed by atoms with Gasteiger partial charge >= 0.3 is 5.69 Å². The third-order valence-corrected chi connectivity index (χ3v) is 4.32. The monoisotopic (exact) mass is 279 g/mol. The van der Waals surface area contributed by atoms with E-state index in [0.717, 1.165) is 32.4 Å². The molecule has 0 aromatic carbocycles. The third kappa shape index (κ3) is 2.82. The minimum absolute atomic E-state index is 0.0316. The Hall–Kier alpha value is -1.89. The maximum Gasteiger partial charge on any atom is 0.311 e. The summed E-state index contributed by atoms with van der Waals surface area (Å²) in [6.07, 6.45) is 3.16. The van der Waals surface area contributed by atoms with Gasteiger partial charge < -0.3 is 10.3 Å². The van der Waals surface area contributed by atoms with Gasteiger partial charge in [-0.25, -0.2) is 10.8 Å². The van der Waals surface area contributed by atoms with Gasteiger partial charge in [-0.2, -0.15) is 0 Å². The number of nitrogens with two attached hydrogens (primary N) is 1. The fraction of sp³-hybridized carbons (Fsp3) is 0.615. The predicted octanol–water partition coefficient (Wildman–Crippen LogP) is 2.29. The average Bonchev–Trinajstić information content (AvgIpc) is 2.47. The van der Waals surface area contributed by atoms with E-state index in [9.17, 15) is 10.1 Å². The summed E-state index contributed by atoms with van der Waals surface area (Å²) in [4.78, 5) is 17.0. The second-order valence-electron chi connectivity index (χ2n) is 5.59. The van der Waals surface area contributed by atoms with Gasteiger partial charge in [0.25, 0.3) is 0 Å². The zero-order valence-electron chi connectivity index (χ0n) is 11.9. The Morgan fingerprint density at radius 3 is 2.65 bits per heavy atom. The Kier molecular flexibility index (Phi) is 4.08. The second-order valence-corrected chi connectivity index (χ2v) is 5.59. The molecule has 1 saturated heterocycles. The van der Waals surface area contributed by atoms with Crippen LogP contribution in [0.15, 0.2) is 12.1 Å². The molecular formula is C13H21N5O2. The molecule has 1 aromatic heterocycles. The van der Waals surface area contributed by atoms with Crippen LogP contribution in [0.1, 0.15) is 33.1 Å². The summed E-state index contributed by atoms with van der Waals surface area (Å²) in [7, 11) is 0. The van der Waals surface area contributed by atoms with Crippen molar-refractivity contribution in [2.24, 2.45) is 11.3 Å². The summed E-state index contributed by atoms with van der Waals surface area (Å²) in [5, 5.41) is 11.1. The van der Waals surface area contributed by atoms with Crippen LogP contribution in [-0.4, -0.2) is 23.0 Å². The SMILES string of the molecule is CCC1(C)CCN(c2nc(NN)ccc2[N+](=O)[O-])CC1. The van der Waals surface area contributed by atoms with Crippen molar-refractivity contribution in [2.45, 2.75) is 33.1 Å². The molecule has 0 radical (unpaired) electrons. The van der Waals surface area contributed by atoms with Gasteiger partial charge in [-0.1, -0.05) is 20.3 Å². The number of anilines is 2. The first-order chi connectivity index (χ1) is 9.49. The van der Waals surface area contributed by atoms with Crippen molar-refractivity contribution in [2.75, 3.05) is 23.4 Å². The fourth-order valence-corrected chi connectivity index (χ4v) is 2.51. The first-order valence-corrected chi connectivity index (χ1v) is 6.86. The van der Waals surface area contributed by atoms with Crippen LogP contribution in [0.5, 0.6) is 0 Å². The molecule has 0 atom stereocenters. The molecule has 20 heavy (non-hydrogen) atoms. The maximum atomic E-state index is 11.1. The molecule has 1 fully saturated rings. The van der Waals surface area contributed by atoms with Crippen molar-refractivity contribution < 1.29 is 4.92 Å². The van der Waals surface area contributed by atoms with Gasteiger partial charge in [0.1, 0.15) is 5.82 Å². The van der Waals surface area contributed by atoms with E-state index in [0.29, 0.717) is 17.1 Å². The molecule has 1 aliphatic heterocycles. The molecule has 0 aliphatic carbocycles. The van der Waals surface area contributed by atoms with E-state index in [2.05, 4.69) is 24.3 Å². The topological polar surface area (TPSA) is 97.3 Å². The first-order valence-electron chi connectivity index (χ1n) is 6.86. The minimum Gasteiger partial charge on any atom is -0.351 e. The van der Waals surface area contributed by atoms with Crippen molar-refractivity contribution >= 4 is 17.3 Å². The number of piperidine rings is 1. The van der Waals surface area contributed by atoms with Gasteiger partial charge in [0.05, 0.1) is 4.92 Å². The van der Waals surface area contributed by atoms with Crippen molar-refractivity contribution in [3.8, 4) is 0 Å². The van der Waals surface area contributed by atoms with Gasteiger partial charge in [-0.15, -0.1) is 0 Å². The summed E-state index contributed by atoms with van der Waals surface area (Å²) in [5.74, 6) is 6.18. The molecule has 0 saturated carbocycles. The zero-order valence-corrected chi connectivity index (χ0v) is 11.9. The van der Waals surface area contributed by atoms with Crippen LogP contribution < -0.4 is 16.2 Å². The van der Waals surface area contributed by atoms with Crippen LogP contribution in [0.2, 0.25) is 0 Å². The summed E-state index contributed by atoms with van der Waals surface area (Å²) in [6, 6.07) is 2.97. The normalized spacial score (nSPS) is 17.9. The molecule has 2 heterocycles. The third-order valence-electron chi connectivity index (χ3n) is 4.32. The molecule has 0 spiro atoms. The Morgan fingerprint density at radius 1 is 1.50 bits per heavy atom. The van der Waals surface area contributed by atoms with Gasteiger partial charge in [-0.3, -0.25) is 10.1 Å². The van der Waals surface area contributed by atoms with Crippen LogP contribution in [0.25, 0.3) is 0 Å². The highest BCUT2D eigenvalue weighted by molar-refractivity contribution is 5.61. The molecule has 1 aliphatic rings. The number of hydrogen-bond donors (Lipinski definition) is 2. The van der Waals surface area contributed by atoms with Gasteiger partial charge in [0, 0.05) is 19.2 Å². The molecule has 0 unspecified atom stereocenters. The lowest BCUT2D eigenvalue weighted by atomic mass is 9.78. The predicted molar refractivity (Wildman–Crippen MR) is 78.5 cm³/mol. The van der Waals surface area contributed by atoms with E-state index in [4.69, 9.17) is 5.84 Å². The number of aromatic nitrogens is 1. The van der Waals surface area contributed by atoms with Crippen LogP contribution >= 0.6 is 0 Å². The van der Waals surface area contributed by atoms with Crippen molar-refractivity contribution in [3.63, 3.8) is 0 Å². The maximum absolute atomic E-state index is 11.1. The second kappa shape index (κ2) is 5.62. The molecule has 1 aromatic rings. The van der Waals surface area contributed by atoms with E-state index >= 15 is 0 Å². The largest absolute Gasteiger partial charge is 0.351 e. The molecule has 0 amide bonds. The Balaban J connectivity index is 2.26. The summed E-state index contributed by atoms with van der Waals surface area (Å²) >= 11 is 0. The Labute approximate surface area is 118 Å². The van der Waals surface area contributed by atoms with E-state index in [-0.39, 0.29) is 5.69 Å². The van der Waals surface area contributed by atoms with E-state index in [1.165, 1.54) is 12.1 Å². The number of nitrogen functional groups attached to an aromatic ring is 1. The summed E-state index contributed by atoms with van der Waals surface area (Å²) in [6.45, 7) is 6.03. The number of nitrogens with zero attached hydrogens (tertiary/aromatic N) is 3. The van der Waals surface area contributed by atoms with Gasteiger partial charge in [0.2, 0.25) is 5.82 Å². The van der Waals surface area contributed by atoms with Crippen molar-refractivity contribution in [3.05, 3.63) is 22.2 Å². The summed E-state index contributed by atoms with van der Waals surface area (Å²) < 4.78 is 0. The van der Waals surface area contributed by atoms with Crippen molar-refractivity contribution in [1.29, 1.82) is 0 Å². The molecule has 3 N–H and O–H groups in total. The standard InChI is InChI=1S/C13H21N5O2/c1-3-13(2)6-8-17(9-7-13)12-10(18(19)20)4-5-11(15-12)16-14/h4-5H,3,6-9,14H2,1-2H3,(H,15,16). The highest BCUT2D eigenvalue weighted by atomic mass is 16.6. The lowest BCUT2D eigenvalue weighted by Crippen LogP contribution is -2.39. The lowest BCUT2D eigenvalue weighted by molar-refractivity contribution is -0.384. The first kappa shape index (κ1) is 14.5. The zero-order chi connectivity index (χ0) is 14.8. The quantitative estimate of drug-likeness (QED) is 0.498. The van der Waals surface area contributed by atoms with Crippen LogP contribution in [0.3, 0.4) is 0 Å². The number of hydrogen-bond acceptors (Lipinski definition) is 6. The number of hydrazine groups is 1. The van der Waals surface area contributed by atoms with Crippen molar-refractivity contribution in [1.82, 2.24) is 4.98 Å². The fourth-order valence-electron chi connectivity index (χ4n) is 2.51. The smallest absolute Gasteiger partial charge is 0.311 e. The van der Waals surface area contributed by atoms with E-state index < -0.39 is 4.92 Å². The highest BCUT2D eigenvalue weighted by Gasteiger charge is 2.31. The Morgan fingerprint density at radius 2 is 2.15 bits per heavy atom. The highest BCUT2D eigenvalue weighted by Crippen LogP contribution is 2.37. The molecule has 0 bridgehead atoms. The number of nitro groups is 1. The summed E-state index contributed by atoms with van der Waals surface area (Å²) in [5.41, 5.74) is 2.80. The van der Waals surface area contributed by atoms with Gasteiger partial charge in [-0.05, 0) is 24.3 Å². The number of rotatable bonds is 4. The van der Waals surface area contributed by atoms with E-state index in [1.807, 2.05) is 4.90 Å².